The standard InChI is InChI=1S/C8H12N2OS/c1-7-9-5-8(6-10-7)11-3-4-12-2/h5-6H,3-4H2,1-2H3. The van der Waals surface area contributed by atoms with Gasteiger partial charge in [-0.1, -0.05) is 0 Å². The highest BCUT2D eigenvalue weighted by molar-refractivity contribution is 7.98. The van der Waals surface area contributed by atoms with E-state index in [1.54, 1.807) is 24.2 Å². The van der Waals surface area contributed by atoms with Crippen LogP contribution in [0.4, 0.5) is 0 Å². The van der Waals surface area contributed by atoms with Crippen molar-refractivity contribution in [3.05, 3.63) is 18.2 Å². The van der Waals surface area contributed by atoms with Crippen molar-refractivity contribution >= 4 is 11.8 Å². The van der Waals surface area contributed by atoms with E-state index in [1.807, 2.05) is 6.92 Å². The summed E-state index contributed by atoms with van der Waals surface area (Å²) < 4.78 is 5.36. The highest BCUT2D eigenvalue weighted by Gasteiger charge is 1.93. The summed E-state index contributed by atoms with van der Waals surface area (Å²) in [5.74, 6) is 2.51. The van der Waals surface area contributed by atoms with Crippen LogP contribution in [0.15, 0.2) is 12.4 Å². The van der Waals surface area contributed by atoms with Crippen LogP contribution >= 0.6 is 11.8 Å². The van der Waals surface area contributed by atoms with Crippen molar-refractivity contribution < 1.29 is 4.74 Å². The third kappa shape index (κ3) is 3.09. The second kappa shape index (κ2) is 4.98. The lowest BCUT2D eigenvalue weighted by molar-refractivity contribution is 0.340. The van der Waals surface area contributed by atoms with Crippen LogP contribution in [0.5, 0.6) is 5.75 Å². The molecule has 0 aliphatic carbocycles. The molecule has 0 saturated heterocycles. The van der Waals surface area contributed by atoms with Crippen molar-refractivity contribution in [2.75, 3.05) is 18.6 Å². The molecular weight excluding hydrogens is 172 g/mol. The predicted octanol–water partition coefficient (Wildman–Crippen LogP) is 1.53. The van der Waals surface area contributed by atoms with Crippen molar-refractivity contribution in [2.45, 2.75) is 6.92 Å². The van der Waals surface area contributed by atoms with Gasteiger partial charge in [0.15, 0.2) is 5.75 Å². The molecule has 0 aromatic carbocycles. The van der Waals surface area contributed by atoms with E-state index in [1.165, 1.54) is 0 Å². The van der Waals surface area contributed by atoms with Gasteiger partial charge in [-0.2, -0.15) is 11.8 Å². The van der Waals surface area contributed by atoms with E-state index >= 15 is 0 Å². The summed E-state index contributed by atoms with van der Waals surface area (Å²) in [6.45, 7) is 2.57. The molecule has 12 heavy (non-hydrogen) atoms. The number of rotatable bonds is 4. The molecule has 0 N–H and O–H groups in total. The zero-order valence-corrected chi connectivity index (χ0v) is 8.10. The van der Waals surface area contributed by atoms with Gasteiger partial charge >= 0.3 is 0 Å². The van der Waals surface area contributed by atoms with E-state index in [2.05, 4.69) is 16.2 Å². The lowest BCUT2D eigenvalue weighted by Gasteiger charge is -2.02. The number of nitrogens with zero attached hydrogens (tertiary/aromatic N) is 2. The molecule has 0 unspecified atom stereocenters. The molecule has 0 atom stereocenters. The summed E-state index contributed by atoms with van der Waals surface area (Å²) in [5, 5.41) is 0. The monoisotopic (exact) mass is 184 g/mol. The smallest absolute Gasteiger partial charge is 0.155 e. The quantitative estimate of drug-likeness (QED) is 0.665. The Morgan fingerprint density at radius 2 is 2.08 bits per heavy atom. The number of ether oxygens (including phenoxy) is 1. The van der Waals surface area contributed by atoms with Crippen LogP contribution in [0.25, 0.3) is 0 Å². The van der Waals surface area contributed by atoms with Gasteiger partial charge in [0.1, 0.15) is 5.82 Å². The van der Waals surface area contributed by atoms with Crippen LogP contribution in [0, 0.1) is 6.92 Å². The van der Waals surface area contributed by atoms with Crippen molar-refractivity contribution in [3.8, 4) is 5.75 Å². The van der Waals surface area contributed by atoms with E-state index in [0.29, 0.717) is 6.61 Å². The van der Waals surface area contributed by atoms with Crippen LogP contribution in [-0.4, -0.2) is 28.6 Å². The molecule has 1 rings (SSSR count). The van der Waals surface area contributed by atoms with Gasteiger partial charge in [0.2, 0.25) is 0 Å². The highest BCUT2D eigenvalue weighted by Crippen LogP contribution is 2.05. The SMILES string of the molecule is CSCCOc1cnc(C)nc1. The molecule has 4 heteroatoms. The maximum absolute atomic E-state index is 5.36. The Morgan fingerprint density at radius 1 is 1.42 bits per heavy atom. The van der Waals surface area contributed by atoms with E-state index in [-0.39, 0.29) is 0 Å². The second-order valence-corrected chi connectivity index (χ2v) is 3.29. The van der Waals surface area contributed by atoms with E-state index < -0.39 is 0 Å². The Labute approximate surface area is 76.6 Å². The number of hydrogen-bond donors (Lipinski definition) is 0. The molecule has 1 aromatic rings. The molecule has 0 amide bonds. The molecule has 3 nitrogen and oxygen atoms in total. The third-order valence-corrected chi connectivity index (χ3v) is 1.89. The molecule has 0 saturated carbocycles. The molecule has 1 aromatic heterocycles. The van der Waals surface area contributed by atoms with Crippen molar-refractivity contribution in [2.24, 2.45) is 0 Å². The number of aryl methyl sites for hydroxylation is 1. The Hall–Kier alpha value is -0.770. The van der Waals surface area contributed by atoms with Crippen LogP contribution in [0.2, 0.25) is 0 Å². The van der Waals surface area contributed by atoms with Crippen LogP contribution < -0.4 is 4.74 Å². The lowest BCUT2D eigenvalue weighted by atomic mass is 10.5. The summed E-state index contributed by atoms with van der Waals surface area (Å²) in [6.07, 6.45) is 5.44. The fourth-order valence-corrected chi connectivity index (χ4v) is 0.948. The second-order valence-electron chi connectivity index (χ2n) is 2.31. The zero-order chi connectivity index (χ0) is 8.81. The summed E-state index contributed by atoms with van der Waals surface area (Å²) >= 11 is 1.76. The average Bonchev–Trinajstić information content (AvgIpc) is 2.09. The predicted molar refractivity (Wildman–Crippen MR) is 50.6 cm³/mol. The molecule has 0 bridgehead atoms. The van der Waals surface area contributed by atoms with Gasteiger partial charge in [0.25, 0.3) is 0 Å². The molecule has 0 aliphatic heterocycles. The van der Waals surface area contributed by atoms with Gasteiger partial charge in [0, 0.05) is 5.75 Å². The topological polar surface area (TPSA) is 35.0 Å². The molecule has 1 heterocycles. The minimum Gasteiger partial charge on any atom is -0.489 e. The summed E-state index contributed by atoms with van der Waals surface area (Å²) in [6, 6.07) is 0. The average molecular weight is 184 g/mol. The Morgan fingerprint density at radius 3 is 2.67 bits per heavy atom. The summed E-state index contributed by atoms with van der Waals surface area (Å²) in [4.78, 5) is 8.03. The number of thioether (sulfide) groups is 1. The fourth-order valence-electron chi connectivity index (χ4n) is 0.698. The van der Waals surface area contributed by atoms with Gasteiger partial charge in [-0.3, -0.25) is 0 Å². The number of aromatic nitrogens is 2. The molecular formula is C8H12N2OS. The highest BCUT2D eigenvalue weighted by atomic mass is 32.2. The zero-order valence-electron chi connectivity index (χ0n) is 7.28. The van der Waals surface area contributed by atoms with Gasteiger partial charge in [0.05, 0.1) is 19.0 Å². The first kappa shape index (κ1) is 9.32. The first-order valence-electron chi connectivity index (χ1n) is 3.73. The Bertz CT molecular complexity index is 225. The Balaban J connectivity index is 2.37. The van der Waals surface area contributed by atoms with Crippen molar-refractivity contribution in [3.63, 3.8) is 0 Å². The molecule has 0 aliphatic rings. The van der Waals surface area contributed by atoms with E-state index in [4.69, 9.17) is 4.74 Å². The summed E-state index contributed by atoms with van der Waals surface area (Å²) in [5.41, 5.74) is 0. The van der Waals surface area contributed by atoms with Gasteiger partial charge < -0.3 is 4.74 Å². The first-order valence-corrected chi connectivity index (χ1v) is 5.12. The molecule has 0 spiro atoms. The molecule has 0 radical (unpaired) electrons. The maximum Gasteiger partial charge on any atom is 0.155 e. The van der Waals surface area contributed by atoms with Gasteiger partial charge in [-0.15, -0.1) is 0 Å². The third-order valence-electron chi connectivity index (χ3n) is 1.31. The summed E-state index contributed by atoms with van der Waals surface area (Å²) in [7, 11) is 0. The van der Waals surface area contributed by atoms with Gasteiger partial charge in [-0.25, -0.2) is 9.97 Å². The van der Waals surface area contributed by atoms with Crippen LogP contribution in [-0.2, 0) is 0 Å². The lowest BCUT2D eigenvalue weighted by Crippen LogP contribution is -2.00. The van der Waals surface area contributed by atoms with E-state index in [9.17, 15) is 0 Å². The van der Waals surface area contributed by atoms with Gasteiger partial charge in [-0.05, 0) is 13.2 Å². The normalized spacial score (nSPS) is 9.83. The van der Waals surface area contributed by atoms with Crippen molar-refractivity contribution in [1.29, 1.82) is 0 Å². The van der Waals surface area contributed by atoms with Crippen LogP contribution in [0.1, 0.15) is 5.82 Å². The largest absolute Gasteiger partial charge is 0.489 e. The van der Waals surface area contributed by atoms with E-state index in [0.717, 1.165) is 17.3 Å². The van der Waals surface area contributed by atoms with Crippen molar-refractivity contribution in [1.82, 2.24) is 9.97 Å². The molecule has 66 valence electrons. The minimum atomic E-state index is 0.716. The first-order chi connectivity index (χ1) is 5.83. The molecule has 0 fully saturated rings. The number of hydrogen-bond acceptors (Lipinski definition) is 4. The fraction of sp³-hybridized carbons (Fsp3) is 0.500. The Kier molecular flexibility index (Phi) is 3.87. The maximum atomic E-state index is 5.36. The van der Waals surface area contributed by atoms with Crippen LogP contribution in [0.3, 0.4) is 0 Å². The minimum absolute atomic E-state index is 0.716.